The second kappa shape index (κ2) is 3.00. The van der Waals surface area contributed by atoms with E-state index in [9.17, 15) is 8.42 Å². The third-order valence-corrected chi connectivity index (χ3v) is 2.99. The fraction of sp³-hybridized carbons (Fsp3) is 0.286. The molecule has 0 saturated heterocycles. The molecule has 0 aliphatic heterocycles. The van der Waals surface area contributed by atoms with Gasteiger partial charge in [-0.2, -0.15) is 0 Å². The molecule has 0 fully saturated rings. The molecule has 1 rings (SSSR count). The fourth-order valence-electron chi connectivity index (χ4n) is 0.652. The number of hydrogen-bond donors (Lipinski definition) is 0. The minimum Gasteiger partial charge on any atom is -0.264 e. The van der Waals surface area contributed by atoms with Crippen molar-refractivity contribution >= 4 is 9.84 Å². The third kappa shape index (κ3) is 1.77. The predicted octanol–water partition coefficient (Wildman–Crippen LogP) is 0.675. The number of aromatic nitrogens is 1. The van der Waals surface area contributed by atoms with Crippen LogP contribution in [0.1, 0.15) is 6.92 Å². The van der Waals surface area contributed by atoms with Crippen molar-refractivity contribution in [2.45, 2.75) is 11.8 Å². The molecule has 4 heteroatoms. The molecule has 0 spiro atoms. The number of rotatable bonds is 2. The SMILES string of the molecule is CCS(=O)(=O)c1[c]cncc1. The van der Waals surface area contributed by atoms with Gasteiger partial charge in [-0.1, -0.05) is 6.92 Å². The summed E-state index contributed by atoms with van der Waals surface area (Å²) in [6.45, 7) is 1.60. The molecule has 0 aliphatic rings. The lowest BCUT2D eigenvalue weighted by Crippen LogP contribution is -2.03. The van der Waals surface area contributed by atoms with Crippen LogP contribution in [0.3, 0.4) is 0 Å². The molecule has 0 unspecified atom stereocenters. The third-order valence-electron chi connectivity index (χ3n) is 1.31. The highest BCUT2D eigenvalue weighted by Crippen LogP contribution is 2.06. The van der Waals surface area contributed by atoms with Gasteiger partial charge >= 0.3 is 0 Å². The largest absolute Gasteiger partial charge is 0.264 e. The molecule has 59 valence electrons. The van der Waals surface area contributed by atoms with Crippen molar-refractivity contribution in [2.75, 3.05) is 5.75 Å². The Kier molecular flexibility index (Phi) is 2.24. The predicted molar refractivity (Wildman–Crippen MR) is 40.8 cm³/mol. The zero-order chi connectivity index (χ0) is 8.32. The molecule has 1 heterocycles. The maximum Gasteiger partial charge on any atom is 0.178 e. The number of hydrogen-bond acceptors (Lipinski definition) is 3. The van der Waals surface area contributed by atoms with Crippen LogP contribution >= 0.6 is 0 Å². The highest BCUT2D eigenvalue weighted by molar-refractivity contribution is 7.91. The molecule has 1 radical (unpaired) electrons. The lowest BCUT2D eigenvalue weighted by molar-refractivity contribution is 0.597. The lowest BCUT2D eigenvalue weighted by atomic mass is 10.5. The monoisotopic (exact) mass is 170 g/mol. The van der Waals surface area contributed by atoms with Crippen molar-refractivity contribution in [1.29, 1.82) is 0 Å². The Bertz CT molecular complexity index is 318. The summed E-state index contributed by atoms with van der Waals surface area (Å²) in [5.41, 5.74) is 0. The maximum atomic E-state index is 11.1. The number of nitrogens with zero attached hydrogens (tertiary/aromatic N) is 1. The van der Waals surface area contributed by atoms with E-state index in [0.717, 1.165) is 0 Å². The van der Waals surface area contributed by atoms with E-state index in [2.05, 4.69) is 11.1 Å². The quantitative estimate of drug-likeness (QED) is 0.655. The minimum atomic E-state index is -3.09. The molecule has 1 aromatic rings. The van der Waals surface area contributed by atoms with Crippen molar-refractivity contribution in [2.24, 2.45) is 0 Å². The minimum absolute atomic E-state index is 0.105. The van der Waals surface area contributed by atoms with E-state index in [1.165, 1.54) is 18.5 Å². The summed E-state index contributed by atoms with van der Waals surface area (Å²) in [7, 11) is -3.09. The topological polar surface area (TPSA) is 47.0 Å². The van der Waals surface area contributed by atoms with Gasteiger partial charge in [-0.05, 0) is 6.07 Å². The van der Waals surface area contributed by atoms with Gasteiger partial charge in [0.15, 0.2) is 9.84 Å². The fourth-order valence-corrected chi connectivity index (χ4v) is 1.46. The van der Waals surface area contributed by atoms with Crippen molar-refractivity contribution in [3.63, 3.8) is 0 Å². The van der Waals surface area contributed by atoms with Crippen LogP contribution < -0.4 is 0 Å². The molecule has 0 aliphatic carbocycles. The first-order valence-electron chi connectivity index (χ1n) is 3.21. The van der Waals surface area contributed by atoms with Crippen molar-refractivity contribution < 1.29 is 8.42 Å². The summed E-state index contributed by atoms with van der Waals surface area (Å²) in [6, 6.07) is 4.00. The maximum absolute atomic E-state index is 11.1. The summed E-state index contributed by atoms with van der Waals surface area (Å²) in [5, 5.41) is 0. The summed E-state index contributed by atoms with van der Waals surface area (Å²) in [5.74, 6) is 0.105. The van der Waals surface area contributed by atoms with Crippen LogP contribution in [0.5, 0.6) is 0 Å². The highest BCUT2D eigenvalue weighted by atomic mass is 32.2. The summed E-state index contributed by atoms with van der Waals surface area (Å²) >= 11 is 0. The summed E-state index contributed by atoms with van der Waals surface area (Å²) in [6.07, 6.45) is 2.79. The summed E-state index contributed by atoms with van der Waals surface area (Å²) < 4.78 is 22.3. The van der Waals surface area contributed by atoms with E-state index in [1.807, 2.05) is 0 Å². The van der Waals surface area contributed by atoms with Crippen molar-refractivity contribution in [1.82, 2.24) is 4.98 Å². The van der Waals surface area contributed by atoms with Gasteiger partial charge in [-0.15, -0.1) is 0 Å². The first-order valence-corrected chi connectivity index (χ1v) is 4.86. The van der Waals surface area contributed by atoms with Gasteiger partial charge in [0.1, 0.15) is 0 Å². The number of pyridine rings is 1. The van der Waals surface area contributed by atoms with E-state index >= 15 is 0 Å². The average molecular weight is 170 g/mol. The second-order valence-electron chi connectivity index (χ2n) is 2.01. The van der Waals surface area contributed by atoms with E-state index in [0.29, 0.717) is 0 Å². The van der Waals surface area contributed by atoms with Crippen LogP contribution in [-0.2, 0) is 9.84 Å². The molecule has 0 aromatic carbocycles. The van der Waals surface area contributed by atoms with Crippen LogP contribution in [-0.4, -0.2) is 19.2 Å². The molecule has 11 heavy (non-hydrogen) atoms. The van der Waals surface area contributed by atoms with Gasteiger partial charge < -0.3 is 0 Å². The lowest BCUT2D eigenvalue weighted by Gasteiger charge is -1.97. The Labute approximate surface area is 66.0 Å². The average Bonchev–Trinajstić information content (AvgIpc) is 2.06. The molecule has 0 amide bonds. The Hall–Kier alpha value is -0.900. The first-order chi connectivity index (χ1) is 5.17. The van der Waals surface area contributed by atoms with Crippen molar-refractivity contribution in [3.8, 4) is 0 Å². The number of sulfone groups is 1. The first kappa shape index (κ1) is 8.20. The molecule has 0 saturated carbocycles. The molecule has 3 nitrogen and oxygen atoms in total. The smallest absolute Gasteiger partial charge is 0.178 e. The van der Waals surface area contributed by atoms with Gasteiger partial charge in [0.25, 0.3) is 0 Å². The van der Waals surface area contributed by atoms with Crippen molar-refractivity contribution in [3.05, 3.63) is 24.5 Å². The highest BCUT2D eigenvalue weighted by Gasteiger charge is 2.09. The second-order valence-corrected chi connectivity index (χ2v) is 4.25. The van der Waals surface area contributed by atoms with Gasteiger partial charge in [-0.3, -0.25) is 4.98 Å². The summed E-state index contributed by atoms with van der Waals surface area (Å²) in [4.78, 5) is 3.89. The van der Waals surface area contributed by atoms with E-state index in [1.54, 1.807) is 6.92 Å². The van der Waals surface area contributed by atoms with Crippen LogP contribution in [0.4, 0.5) is 0 Å². The Morgan fingerprint density at radius 1 is 1.64 bits per heavy atom. The Balaban J connectivity index is 3.14. The zero-order valence-corrected chi connectivity index (χ0v) is 6.93. The Morgan fingerprint density at radius 2 is 2.36 bits per heavy atom. The molecule has 1 aromatic heterocycles. The van der Waals surface area contributed by atoms with E-state index in [4.69, 9.17) is 0 Å². The van der Waals surface area contributed by atoms with Crippen LogP contribution in [0.2, 0.25) is 0 Å². The molecule has 0 bridgehead atoms. The van der Waals surface area contributed by atoms with Gasteiger partial charge in [0, 0.05) is 18.5 Å². The van der Waals surface area contributed by atoms with E-state index in [-0.39, 0.29) is 10.6 Å². The molecular formula is C7H8NO2S. The van der Waals surface area contributed by atoms with Gasteiger partial charge in [-0.25, -0.2) is 8.42 Å². The van der Waals surface area contributed by atoms with Crippen LogP contribution in [0, 0.1) is 6.07 Å². The Morgan fingerprint density at radius 3 is 2.82 bits per heavy atom. The molecular weight excluding hydrogens is 162 g/mol. The van der Waals surface area contributed by atoms with Gasteiger partial charge in [0.05, 0.1) is 10.6 Å². The normalized spacial score (nSPS) is 11.4. The zero-order valence-electron chi connectivity index (χ0n) is 6.11. The van der Waals surface area contributed by atoms with Crippen LogP contribution in [0.25, 0.3) is 0 Å². The molecule has 0 N–H and O–H groups in total. The van der Waals surface area contributed by atoms with E-state index < -0.39 is 9.84 Å². The molecule has 0 atom stereocenters. The van der Waals surface area contributed by atoms with Crippen LogP contribution in [0.15, 0.2) is 23.4 Å². The van der Waals surface area contributed by atoms with Gasteiger partial charge in [0.2, 0.25) is 0 Å². The standard InChI is InChI=1S/C7H8NO2S/c1-2-11(9,10)7-3-5-8-6-4-7/h3,5-6H,2H2,1H3.